The second-order valence-corrected chi connectivity index (χ2v) is 6.20. The predicted octanol–water partition coefficient (Wildman–Crippen LogP) is 4.23. The lowest BCUT2D eigenvalue weighted by Crippen LogP contribution is -2.14. The van der Waals surface area contributed by atoms with Gasteiger partial charge in [-0.2, -0.15) is 0 Å². The summed E-state index contributed by atoms with van der Waals surface area (Å²) in [7, 11) is 0. The Morgan fingerprint density at radius 1 is 1.43 bits per heavy atom. The third-order valence-electron chi connectivity index (χ3n) is 3.91. The van der Waals surface area contributed by atoms with Crippen LogP contribution in [-0.4, -0.2) is 17.9 Å². The molecule has 0 aromatic carbocycles. The van der Waals surface area contributed by atoms with E-state index in [1.165, 1.54) is 0 Å². The fourth-order valence-corrected chi connectivity index (χ4v) is 2.84. The summed E-state index contributed by atoms with van der Waals surface area (Å²) in [5.74, 6) is 0.702. The molecule has 0 unspecified atom stereocenters. The summed E-state index contributed by atoms with van der Waals surface area (Å²) in [6.45, 7) is 9.72. The molecular weight excluding hydrogens is 264 g/mol. The van der Waals surface area contributed by atoms with E-state index in [0.717, 1.165) is 31.3 Å². The smallest absolute Gasteiger partial charge is 0.306 e. The van der Waals surface area contributed by atoms with Gasteiger partial charge in [0.15, 0.2) is 0 Å². The van der Waals surface area contributed by atoms with Crippen molar-refractivity contribution in [2.75, 3.05) is 0 Å². The molecule has 0 saturated heterocycles. The van der Waals surface area contributed by atoms with Crippen LogP contribution < -0.4 is 0 Å². The molecule has 0 radical (unpaired) electrons. The lowest BCUT2D eigenvalue weighted by Gasteiger charge is -2.16. The molecule has 1 aliphatic rings. The van der Waals surface area contributed by atoms with Crippen LogP contribution in [0.1, 0.15) is 59.3 Å². The summed E-state index contributed by atoms with van der Waals surface area (Å²) in [5, 5.41) is 0. The highest BCUT2D eigenvalue weighted by Crippen LogP contribution is 2.35. The van der Waals surface area contributed by atoms with Gasteiger partial charge in [-0.25, -0.2) is 0 Å². The first-order chi connectivity index (χ1) is 9.91. The molecule has 0 aromatic heterocycles. The van der Waals surface area contributed by atoms with Crippen LogP contribution in [0.5, 0.6) is 0 Å². The Morgan fingerprint density at radius 3 is 2.76 bits per heavy atom. The molecule has 1 rings (SSSR count). The van der Waals surface area contributed by atoms with Crippen molar-refractivity contribution in [1.29, 1.82) is 0 Å². The maximum absolute atomic E-state index is 11.9. The fraction of sp³-hybridized carbons (Fsp3) is 0.667. The molecule has 0 bridgehead atoms. The van der Waals surface area contributed by atoms with Crippen molar-refractivity contribution in [3.8, 4) is 0 Å². The van der Waals surface area contributed by atoms with Gasteiger partial charge in [-0.3, -0.25) is 9.59 Å². The summed E-state index contributed by atoms with van der Waals surface area (Å²) in [5.41, 5.74) is 1.12. The van der Waals surface area contributed by atoms with E-state index in [1.54, 1.807) is 0 Å². The number of esters is 1. The number of ether oxygens (including phenoxy) is 1. The van der Waals surface area contributed by atoms with Crippen LogP contribution in [0, 0.1) is 11.8 Å². The number of unbranched alkanes of at least 4 members (excludes halogenated alkanes) is 1. The Balaban J connectivity index is 2.24. The Labute approximate surface area is 128 Å². The number of carbonyl (C=O) groups is 2. The Kier molecular flexibility index (Phi) is 7.41. The molecule has 0 amide bonds. The van der Waals surface area contributed by atoms with Crippen molar-refractivity contribution in [3.63, 3.8) is 0 Å². The number of Topliss-reactive ketones (excluding diaryl/α,β-unsaturated/α-hetero) is 1. The topological polar surface area (TPSA) is 43.4 Å². The molecular formula is C18H28O3. The van der Waals surface area contributed by atoms with Crippen LogP contribution in [0.4, 0.5) is 0 Å². The second-order valence-electron chi connectivity index (χ2n) is 6.20. The molecule has 3 nitrogen and oxygen atoms in total. The normalized spacial score (nSPS) is 22.2. The van der Waals surface area contributed by atoms with E-state index in [-0.39, 0.29) is 18.0 Å². The first kappa shape index (κ1) is 17.7. The molecule has 1 aliphatic carbocycles. The minimum absolute atomic E-state index is 0.0412. The standard InChI is InChI=1S/C18H28O3/c1-13(2)15-11-12-17(19)16(15)9-7-5-6-8-10-18(20)21-14(3)4/h5,7,14-16H,1,6,8-12H2,2-4H3/b7-5-/t15-,16-/m1/s1. The van der Waals surface area contributed by atoms with Gasteiger partial charge in [-0.05, 0) is 52.4 Å². The first-order valence-electron chi connectivity index (χ1n) is 7.94. The maximum Gasteiger partial charge on any atom is 0.306 e. The number of hydrogen-bond donors (Lipinski definition) is 0. The number of carbonyl (C=O) groups excluding carboxylic acids is 2. The number of allylic oxidation sites excluding steroid dienone is 3. The van der Waals surface area contributed by atoms with Crippen LogP contribution in [-0.2, 0) is 14.3 Å². The lowest BCUT2D eigenvalue weighted by atomic mass is 9.87. The highest BCUT2D eigenvalue weighted by Gasteiger charge is 2.33. The average molecular weight is 292 g/mol. The zero-order valence-corrected chi connectivity index (χ0v) is 13.6. The maximum atomic E-state index is 11.9. The Hall–Kier alpha value is -1.38. The van der Waals surface area contributed by atoms with Gasteiger partial charge in [-0.1, -0.05) is 24.3 Å². The molecule has 118 valence electrons. The van der Waals surface area contributed by atoms with Gasteiger partial charge < -0.3 is 4.74 Å². The van der Waals surface area contributed by atoms with Gasteiger partial charge in [0.05, 0.1) is 6.10 Å². The van der Waals surface area contributed by atoms with E-state index in [2.05, 4.69) is 18.7 Å². The van der Waals surface area contributed by atoms with Crippen LogP contribution in [0.2, 0.25) is 0 Å². The van der Waals surface area contributed by atoms with Crippen LogP contribution in [0.15, 0.2) is 24.3 Å². The molecule has 3 heteroatoms. The van der Waals surface area contributed by atoms with E-state index in [9.17, 15) is 9.59 Å². The Bertz CT molecular complexity index is 407. The van der Waals surface area contributed by atoms with E-state index in [0.29, 0.717) is 24.5 Å². The van der Waals surface area contributed by atoms with Crippen molar-refractivity contribution in [1.82, 2.24) is 0 Å². The fourth-order valence-electron chi connectivity index (χ4n) is 2.84. The molecule has 0 N–H and O–H groups in total. The summed E-state index contributed by atoms with van der Waals surface area (Å²) in [6, 6.07) is 0. The summed E-state index contributed by atoms with van der Waals surface area (Å²) < 4.78 is 5.08. The molecule has 0 aromatic rings. The van der Waals surface area contributed by atoms with Crippen LogP contribution in [0.3, 0.4) is 0 Å². The molecule has 0 spiro atoms. The van der Waals surface area contributed by atoms with E-state index < -0.39 is 0 Å². The summed E-state index contributed by atoms with van der Waals surface area (Å²) in [4.78, 5) is 23.2. The predicted molar refractivity (Wildman–Crippen MR) is 84.9 cm³/mol. The third kappa shape index (κ3) is 6.28. The van der Waals surface area contributed by atoms with Crippen LogP contribution in [0.25, 0.3) is 0 Å². The molecule has 1 saturated carbocycles. The largest absolute Gasteiger partial charge is 0.463 e. The Morgan fingerprint density at radius 2 is 2.14 bits per heavy atom. The molecule has 1 fully saturated rings. The third-order valence-corrected chi connectivity index (χ3v) is 3.91. The van der Waals surface area contributed by atoms with Gasteiger partial charge in [0.2, 0.25) is 0 Å². The van der Waals surface area contributed by atoms with Crippen molar-refractivity contribution in [2.24, 2.45) is 11.8 Å². The molecule has 2 atom stereocenters. The van der Waals surface area contributed by atoms with Crippen molar-refractivity contribution in [3.05, 3.63) is 24.3 Å². The monoisotopic (exact) mass is 292 g/mol. The average Bonchev–Trinajstić information content (AvgIpc) is 2.74. The minimum atomic E-state index is -0.133. The van der Waals surface area contributed by atoms with Gasteiger partial charge in [0.25, 0.3) is 0 Å². The van der Waals surface area contributed by atoms with Gasteiger partial charge in [0, 0.05) is 18.8 Å². The van der Waals surface area contributed by atoms with Crippen molar-refractivity contribution in [2.45, 2.75) is 65.4 Å². The van der Waals surface area contributed by atoms with E-state index in [1.807, 2.05) is 20.8 Å². The minimum Gasteiger partial charge on any atom is -0.463 e. The van der Waals surface area contributed by atoms with E-state index in [4.69, 9.17) is 4.74 Å². The quantitative estimate of drug-likeness (QED) is 0.382. The SMILES string of the molecule is C=C(C)[C@H]1CCC(=O)[C@@H]1C/C=C\CCCC(=O)OC(C)C. The van der Waals surface area contributed by atoms with E-state index >= 15 is 0 Å². The number of rotatable bonds is 8. The van der Waals surface area contributed by atoms with Crippen molar-refractivity contribution >= 4 is 11.8 Å². The highest BCUT2D eigenvalue weighted by molar-refractivity contribution is 5.84. The zero-order valence-electron chi connectivity index (χ0n) is 13.6. The zero-order chi connectivity index (χ0) is 15.8. The van der Waals surface area contributed by atoms with Crippen molar-refractivity contribution < 1.29 is 14.3 Å². The number of ketones is 1. The lowest BCUT2D eigenvalue weighted by molar-refractivity contribution is -0.147. The summed E-state index contributed by atoms with van der Waals surface area (Å²) in [6.07, 6.45) is 8.66. The van der Waals surface area contributed by atoms with Gasteiger partial charge >= 0.3 is 5.97 Å². The molecule has 0 aliphatic heterocycles. The van der Waals surface area contributed by atoms with Gasteiger partial charge in [0.1, 0.15) is 5.78 Å². The first-order valence-corrected chi connectivity index (χ1v) is 7.94. The van der Waals surface area contributed by atoms with Crippen LogP contribution >= 0.6 is 0 Å². The number of hydrogen-bond acceptors (Lipinski definition) is 3. The second kappa shape index (κ2) is 8.81. The molecule has 21 heavy (non-hydrogen) atoms. The van der Waals surface area contributed by atoms with Gasteiger partial charge in [-0.15, -0.1) is 0 Å². The molecule has 0 heterocycles. The highest BCUT2D eigenvalue weighted by atomic mass is 16.5. The summed E-state index contributed by atoms with van der Waals surface area (Å²) >= 11 is 0.